The second kappa shape index (κ2) is 10.6. The Hall–Kier alpha value is -3.92. The van der Waals surface area contributed by atoms with Crippen molar-refractivity contribution >= 4 is 11.9 Å². The minimum absolute atomic E-state index is 0.154. The Kier molecular flexibility index (Phi) is 7.09. The van der Waals surface area contributed by atoms with Crippen LogP contribution in [-0.4, -0.2) is 79.7 Å². The van der Waals surface area contributed by atoms with Gasteiger partial charge >= 0.3 is 0 Å². The van der Waals surface area contributed by atoms with Crippen molar-refractivity contribution < 1.29 is 23.4 Å². The van der Waals surface area contributed by atoms with Gasteiger partial charge in [-0.3, -0.25) is 4.79 Å². The molecule has 0 aliphatic carbocycles. The average Bonchev–Trinajstić information content (AvgIpc) is 2.93. The van der Waals surface area contributed by atoms with Gasteiger partial charge in [-0.2, -0.15) is 4.98 Å². The summed E-state index contributed by atoms with van der Waals surface area (Å²) in [6.45, 7) is 4.25. The van der Waals surface area contributed by atoms with E-state index in [0.717, 1.165) is 37.4 Å². The lowest BCUT2D eigenvalue weighted by atomic mass is 10.0. The van der Waals surface area contributed by atoms with Crippen LogP contribution in [0.25, 0.3) is 0 Å². The lowest BCUT2D eigenvalue weighted by Gasteiger charge is -2.34. The molecular formula is C27H30FN5O4. The third-order valence-corrected chi connectivity index (χ3v) is 6.71. The Bertz CT molecular complexity index is 1260. The summed E-state index contributed by atoms with van der Waals surface area (Å²) in [6.07, 6.45) is 0.561. The Morgan fingerprint density at radius 3 is 2.22 bits per heavy atom. The van der Waals surface area contributed by atoms with Gasteiger partial charge in [-0.25, -0.2) is 9.37 Å². The van der Waals surface area contributed by atoms with Crippen LogP contribution in [0.15, 0.2) is 42.5 Å². The van der Waals surface area contributed by atoms with Gasteiger partial charge in [0.05, 0.1) is 32.0 Å². The molecule has 0 unspecified atom stereocenters. The third kappa shape index (κ3) is 5.43. The SMILES string of the molecule is COc1cc(OC)cc(C(=O)N2CCc3nc(N4CCN(C)CC4)nc(Oc4ccc(F)cc4)c3C2)c1. The molecule has 2 aliphatic rings. The number of carbonyl (C=O) groups is 1. The molecule has 10 heteroatoms. The van der Waals surface area contributed by atoms with Gasteiger partial charge in [0.15, 0.2) is 0 Å². The van der Waals surface area contributed by atoms with Gasteiger partial charge in [0.1, 0.15) is 23.1 Å². The van der Waals surface area contributed by atoms with Crippen molar-refractivity contribution in [3.63, 3.8) is 0 Å². The first-order chi connectivity index (χ1) is 17.9. The molecule has 0 saturated carbocycles. The molecule has 0 radical (unpaired) electrons. The zero-order valence-electron chi connectivity index (χ0n) is 21.2. The first-order valence-electron chi connectivity index (χ1n) is 12.2. The van der Waals surface area contributed by atoms with Crippen molar-refractivity contribution in [3.05, 3.63) is 65.1 Å². The zero-order valence-corrected chi connectivity index (χ0v) is 21.2. The van der Waals surface area contributed by atoms with Crippen LogP contribution in [0.4, 0.5) is 10.3 Å². The van der Waals surface area contributed by atoms with Gasteiger partial charge in [0.25, 0.3) is 5.91 Å². The van der Waals surface area contributed by atoms with Gasteiger partial charge in [-0.1, -0.05) is 0 Å². The Morgan fingerprint density at radius 1 is 0.892 bits per heavy atom. The molecule has 2 aromatic carbocycles. The quantitative estimate of drug-likeness (QED) is 0.503. The Labute approximate surface area is 215 Å². The number of benzene rings is 2. The number of ether oxygens (including phenoxy) is 3. The predicted octanol–water partition coefficient (Wildman–Crippen LogP) is 3.38. The first kappa shape index (κ1) is 24.8. The maximum absolute atomic E-state index is 13.5. The minimum atomic E-state index is -0.347. The minimum Gasteiger partial charge on any atom is -0.497 e. The maximum Gasteiger partial charge on any atom is 0.254 e. The van der Waals surface area contributed by atoms with Crippen molar-refractivity contribution in [3.8, 4) is 23.1 Å². The van der Waals surface area contributed by atoms with E-state index in [1.165, 1.54) is 12.1 Å². The van der Waals surface area contributed by atoms with E-state index in [1.54, 1.807) is 49.5 Å². The van der Waals surface area contributed by atoms with E-state index in [0.29, 0.717) is 47.6 Å². The van der Waals surface area contributed by atoms with Crippen molar-refractivity contribution in [1.82, 2.24) is 19.8 Å². The molecule has 3 heterocycles. The van der Waals surface area contributed by atoms with Crippen LogP contribution in [0.2, 0.25) is 0 Å². The number of hydrogen-bond donors (Lipinski definition) is 0. The second-order valence-electron chi connectivity index (χ2n) is 9.18. The molecule has 3 aromatic rings. The fourth-order valence-corrected chi connectivity index (χ4v) is 4.50. The summed E-state index contributed by atoms with van der Waals surface area (Å²) >= 11 is 0. The summed E-state index contributed by atoms with van der Waals surface area (Å²) < 4.78 is 30.3. The second-order valence-corrected chi connectivity index (χ2v) is 9.18. The fourth-order valence-electron chi connectivity index (χ4n) is 4.50. The number of halogens is 1. The van der Waals surface area contributed by atoms with Crippen LogP contribution >= 0.6 is 0 Å². The summed E-state index contributed by atoms with van der Waals surface area (Å²) in [5.74, 6) is 2.04. The van der Waals surface area contributed by atoms with Gasteiger partial charge < -0.3 is 28.9 Å². The zero-order chi connectivity index (χ0) is 25.9. The number of fused-ring (bicyclic) bond motifs is 1. The summed E-state index contributed by atoms with van der Waals surface area (Å²) in [7, 11) is 5.20. The molecule has 37 heavy (non-hydrogen) atoms. The van der Waals surface area contributed by atoms with Crippen LogP contribution in [0.5, 0.6) is 23.1 Å². The van der Waals surface area contributed by atoms with E-state index >= 15 is 0 Å². The van der Waals surface area contributed by atoms with E-state index < -0.39 is 0 Å². The number of nitrogens with zero attached hydrogens (tertiary/aromatic N) is 5. The number of methoxy groups -OCH3 is 2. The molecule has 194 valence electrons. The lowest BCUT2D eigenvalue weighted by molar-refractivity contribution is 0.0731. The van der Waals surface area contributed by atoms with Crippen LogP contribution < -0.4 is 19.1 Å². The smallest absolute Gasteiger partial charge is 0.254 e. The van der Waals surface area contributed by atoms with E-state index in [4.69, 9.17) is 24.2 Å². The third-order valence-electron chi connectivity index (χ3n) is 6.71. The highest BCUT2D eigenvalue weighted by atomic mass is 19.1. The number of likely N-dealkylation sites (N-methyl/N-ethyl adjacent to an activating group) is 1. The molecule has 1 saturated heterocycles. The Morgan fingerprint density at radius 2 is 1.57 bits per heavy atom. The molecule has 9 nitrogen and oxygen atoms in total. The number of piperazine rings is 1. The van der Waals surface area contributed by atoms with Crippen LogP contribution in [-0.2, 0) is 13.0 Å². The van der Waals surface area contributed by atoms with E-state index in [9.17, 15) is 9.18 Å². The predicted molar refractivity (Wildman–Crippen MR) is 136 cm³/mol. The molecule has 5 rings (SSSR count). The number of rotatable bonds is 6. The number of aromatic nitrogens is 2. The molecule has 0 atom stereocenters. The van der Waals surface area contributed by atoms with Gasteiger partial charge in [-0.15, -0.1) is 0 Å². The summed E-state index contributed by atoms with van der Waals surface area (Å²) in [4.78, 5) is 29.3. The molecule has 0 bridgehead atoms. The van der Waals surface area contributed by atoms with Crippen molar-refractivity contribution in [2.75, 3.05) is 58.9 Å². The molecule has 1 fully saturated rings. The van der Waals surface area contributed by atoms with Crippen molar-refractivity contribution in [2.45, 2.75) is 13.0 Å². The van der Waals surface area contributed by atoms with Gasteiger partial charge in [-0.05, 0) is 43.4 Å². The normalized spacial score (nSPS) is 15.8. The monoisotopic (exact) mass is 507 g/mol. The molecule has 0 spiro atoms. The largest absolute Gasteiger partial charge is 0.497 e. The Balaban J connectivity index is 1.47. The number of anilines is 1. The van der Waals surface area contributed by atoms with E-state index in [-0.39, 0.29) is 18.3 Å². The molecular weight excluding hydrogens is 477 g/mol. The first-order valence-corrected chi connectivity index (χ1v) is 12.2. The van der Waals surface area contributed by atoms with Crippen molar-refractivity contribution in [1.29, 1.82) is 0 Å². The van der Waals surface area contributed by atoms with Crippen LogP contribution in [0.1, 0.15) is 21.6 Å². The highest BCUT2D eigenvalue weighted by molar-refractivity contribution is 5.95. The summed E-state index contributed by atoms with van der Waals surface area (Å²) in [5, 5.41) is 0. The maximum atomic E-state index is 13.5. The lowest BCUT2D eigenvalue weighted by Crippen LogP contribution is -2.45. The fraction of sp³-hybridized carbons (Fsp3) is 0.370. The van der Waals surface area contributed by atoms with E-state index in [2.05, 4.69) is 16.8 Å². The summed E-state index contributed by atoms with van der Waals surface area (Å²) in [6, 6.07) is 10.9. The number of hydrogen-bond acceptors (Lipinski definition) is 8. The van der Waals surface area contributed by atoms with Gasteiger partial charge in [0.2, 0.25) is 11.8 Å². The molecule has 1 aromatic heterocycles. The van der Waals surface area contributed by atoms with E-state index in [1.807, 2.05) is 0 Å². The molecule has 0 N–H and O–H groups in total. The highest BCUT2D eigenvalue weighted by Gasteiger charge is 2.29. The topological polar surface area (TPSA) is 80.3 Å². The molecule has 1 amide bonds. The average molecular weight is 508 g/mol. The molecule has 2 aliphatic heterocycles. The highest BCUT2D eigenvalue weighted by Crippen LogP contribution is 2.33. The van der Waals surface area contributed by atoms with Gasteiger partial charge in [0, 0.05) is 50.8 Å². The van der Waals surface area contributed by atoms with Crippen LogP contribution in [0.3, 0.4) is 0 Å². The van der Waals surface area contributed by atoms with Crippen LogP contribution in [0, 0.1) is 5.82 Å². The van der Waals surface area contributed by atoms with Crippen molar-refractivity contribution in [2.24, 2.45) is 0 Å². The number of amides is 1. The summed E-state index contributed by atoms with van der Waals surface area (Å²) in [5.41, 5.74) is 2.07. The number of carbonyl (C=O) groups excluding carboxylic acids is 1. The standard InChI is InChI=1S/C27H30FN5O4/c1-31-10-12-32(13-11-31)27-29-24-8-9-33(26(34)18-14-21(35-2)16-22(15-18)36-3)17-23(24)25(30-27)37-20-6-4-19(28)5-7-20/h4-7,14-16H,8-13,17H2,1-3H3.